The first-order chi connectivity index (χ1) is 6.02. The smallest absolute Gasteiger partial charge is 0.418 e. The summed E-state index contributed by atoms with van der Waals surface area (Å²) in [5.41, 5.74) is 0. The molecular weight excluding hydrogens is 187 g/mol. The largest absolute Gasteiger partial charge is 0.499 e. The summed E-state index contributed by atoms with van der Waals surface area (Å²) in [6, 6.07) is 1.44. The quantitative estimate of drug-likeness (QED) is 0.626. The molecule has 0 aromatic heterocycles. The minimum Gasteiger partial charge on any atom is -0.499 e. The zero-order valence-electron chi connectivity index (χ0n) is 6.67. The minimum absolute atomic E-state index is 0.620. The molecule has 3 nitrogen and oxygen atoms in total. The van der Waals surface area contributed by atoms with Crippen molar-refractivity contribution >= 4 is 0 Å². The first-order valence-corrected chi connectivity index (χ1v) is 3.30. The van der Waals surface area contributed by atoms with Gasteiger partial charge in [-0.25, -0.2) is 0 Å². The third-order valence-corrected chi connectivity index (χ3v) is 1.08. The minimum atomic E-state index is -4.53. The third-order valence-electron chi connectivity index (χ3n) is 1.08. The predicted octanol–water partition coefficient (Wildman–Crippen LogP) is 1.62. The fourth-order valence-corrected chi connectivity index (χ4v) is 0.530. The Hall–Kier alpha value is -1.22. The molecule has 0 aliphatic rings. The molecule has 13 heavy (non-hydrogen) atoms. The van der Waals surface area contributed by atoms with Gasteiger partial charge >= 0.3 is 6.18 Å². The standard InChI is InChI=1S/C7H8F3NO2/c1-2-12-5-6(7(8,9)10)13-4-3-11/h2,6H,1,4-5H2. The Morgan fingerprint density at radius 2 is 2.15 bits per heavy atom. The van der Waals surface area contributed by atoms with Crippen molar-refractivity contribution in [2.45, 2.75) is 12.3 Å². The van der Waals surface area contributed by atoms with Crippen LogP contribution in [0.15, 0.2) is 12.8 Å². The maximum absolute atomic E-state index is 12.0. The number of ether oxygens (including phenoxy) is 2. The third kappa shape index (κ3) is 5.09. The van der Waals surface area contributed by atoms with E-state index in [0.717, 1.165) is 6.26 Å². The molecule has 1 unspecified atom stereocenters. The summed E-state index contributed by atoms with van der Waals surface area (Å²) in [6.45, 7) is 1.78. The molecule has 0 heterocycles. The summed E-state index contributed by atoms with van der Waals surface area (Å²) in [6.07, 6.45) is -5.72. The average molecular weight is 195 g/mol. The van der Waals surface area contributed by atoms with E-state index < -0.39 is 25.5 Å². The lowest BCUT2D eigenvalue weighted by Gasteiger charge is -2.18. The highest BCUT2D eigenvalue weighted by atomic mass is 19.4. The molecule has 0 rings (SSSR count). The zero-order valence-corrected chi connectivity index (χ0v) is 6.67. The van der Waals surface area contributed by atoms with Gasteiger partial charge in [0.15, 0.2) is 6.10 Å². The Kier molecular flexibility index (Phi) is 4.92. The molecule has 6 heteroatoms. The van der Waals surface area contributed by atoms with E-state index in [1.54, 1.807) is 0 Å². The lowest BCUT2D eigenvalue weighted by molar-refractivity contribution is -0.226. The van der Waals surface area contributed by atoms with E-state index in [2.05, 4.69) is 16.1 Å². The Morgan fingerprint density at radius 1 is 1.54 bits per heavy atom. The summed E-state index contributed by atoms with van der Waals surface area (Å²) >= 11 is 0. The van der Waals surface area contributed by atoms with Crippen LogP contribution in [-0.2, 0) is 9.47 Å². The summed E-state index contributed by atoms with van der Waals surface area (Å²) < 4.78 is 44.6. The molecule has 0 saturated carbocycles. The predicted molar refractivity (Wildman–Crippen MR) is 37.6 cm³/mol. The molecule has 0 N–H and O–H groups in total. The van der Waals surface area contributed by atoms with Gasteiger partial charge < -0.3 is 9.47 Å². The molecule has 0 bridgehead atoms. The molecule has 1 atom stereocenters. The molecule has 0 radical (unpaired) electrons. The average Bonchev–Trinajstić information content (AvgIpc) is 2.02. The number of hydrogen-bond donors (Lipinski definition) is 0. The van der Waals surface area contributed by atoms with Gasteiger partial charge in [0.25, 0.3) is 0 Å². The van der Waals surface area contributed by atoms with E-state index in [1.807, 2.05) is 0 Å². The molecule has 0 amide bonds. The van der Waals surface area contributed by atoms with Crippen LogP contribution in [0.1, 0.15) is 0 Å². The topological polar surface area (TPSA) is 42.2 Å². The normalized spacial score (nSPS) is 13.1. The van der Waals surface area contributed by atoms with Crippen LogP contribution in [0.4, 0.5) is 13.2 Å². The van der Waals surface area contributed by atoms with E-state index in [9.17, 15) is 13.2 Å². The van der Waals surface area contributed by atoms with Crippen LogP contribution in [0.5, 0.6) is 0 Å². The van der Waals surface area contributed by atoms with Crippen molar-refractivity contribution in [3.05, 3.63) is 12.8 Å². The Bertz CT molecular complexity index is 197. The lowest BCUT2D eigenvalue weighted by Crippen LogP contribution is -2.35. The molecule has 0 spiro atoms. The highest BCUT2D eigenvalue weighted by Crippen LogP contribution is 2.23. The fraction of sp³-hybridized carbons (Fsp3) is 0.571. The molecule has 0 aromatic rings. The maximum atomic E-state index is 12.0. The van der Waals surface area contributed by atoms with Crippen molar-refractivity contribution in [2.75, 3.05) is 13.2 Å². The second-order valence-corrected chi connectivity index (χ2v) is 2.00. The van der Waals surface area contributed by atoms with Crippen molar-refractivity contribution in [3.8, 4) is 6.07 Å². The fourth-order valence-electron chi connectivity index (χ4n) is 0.530. The van der Waals surface area contributed by atoms with Gasteiger partial charge in [-0.2, -0.15) is 18.4 Å². The van der Waals surface area contributed by atoms with Crippen molar-refractivity contribution in [1.82, 2.24) is 0 Å². The molecule has 74 valence electrons. The number of nitrogens with zero attached hydrogens (tertiary/aromatic N) is 1. The van der Waals surface area contributed by atoms with Gasteiger partial charge in [-0.05, 0) is 0 Å². The van der Waals surface area contributed by atoms with Crippen LogP contribution in [0, 0.1) is 11.3 Å². The van der Waals surface area contributed by atoms with Gasteiger partial charge in [-0.1, -0.05) is 6.58 Å². The van der Waals surface area contributed by atoms with E-state index in [0.29, 0.717) is 0 Å². The number of hydrogen-bond acceptors (Lipinski definition) is 3. The van der Waals surface area contributed by atoms with Crippen LogP contribution < -0.4 is 0 Å². The Labute approximate surface area is 73.4 Å². The summed E-state index contributed by atoms with van der Waals surface area (Å²) in [5.74, 6) is 0. The monoisotopic (exact) mass is 195 g/mol. The first-order valence-electron chi connectivity index (χ1n) is 3.30. The zero-order chi connectivity index (χ0) is 10.3. The van der Waals surface area contributed by atoms with Gasteiger partial charge in [0.2, 0.25) is 0 Å². The van der Waals surface area contributed by atoms with E-state index in [1.165, 1.54) is 6.07 Å². The van der Waals surface area contributed by atoms with E-state index in [-0.39, 0.29) is 0 Å². The number of halogens is 3. The molecule has 0 aliphatic carbocycles. The number of rotatable bonds is 5. The van der Waals surface area contributed by atoms with Gasteiger partial charge in [-0.15, -0.1) is 0 Å². The van der Waals surface area contributed by atoms with Crippen molar-refractivity contribution < 1.29 is 22.6 Å². The second kappa shape index (κ2) is 5.43. The van der Waals surface area contributed by atoms with E-state index >= 15 is 0 Å². The highest BCUT2D eigenvalue weighted by molar-refractivity contribution is 4.74. The summed E-state index contributed by atoms with van der Waals surface area (Å²) in [4.78, 5) is 0. The van der Waals surface area contributed by atoms with Gasteiger partial charge in [-0.3, -0.25) is 0 Å². The van der Waals surface area contributed by atoms with Crippen LogP contribution >= 0.6 is 0 Å². The molecule has 0 fully saturated rings. The molecular formula is C7H8F3NO2. The Morgan fingerprint density at radius 3 is 2.54 bits per heavy atom. The maximum Gasteiger partial charge on any atom is 0.418 e. The van der Waals surface area contributed by atoms with Gasteiger partial charge in [0, 0.05) is 0 Å². The van der Waals surface area contributed by atoms with Crippen LogP contribution in [0.3, 0.4) is 0 Å². The second-order valence-electron chi connectivity index (χ2n) is 2.00. The SMILES string of the molecule is C=COCC(OCC#N)C(F)(F)F. The highest BCUT2D eigenvalue weighted by Gasteiger charge is 2.41. The van der Waals surface area contributed by atoms with Crippen molar-refractivity contribution in [1.29, 1.82) is 5.26 Å². The van der Waals surface area contributed by atoms with E-state index in [4.69, 9.17) is 5.26 Å². The lowest BCUT2D eigenvalue weighted by atomic mass is 10.4. The van der Waals surface area contributed by atoms with Crippen LogP contribution in [0.25, 0.3) is 0 Å². The molecule has 0 aliphatic heterocycles. The van der Waals surface area contributed by atoms with Crippen molar-refractivity contribution in [2.24, 2.45) is 0 Å². The molecule has 0 aromatic carbocycles. The van der Waals surface area contributed by atoms with Gasteiger partial charge in [0.1, 0.15) is 13.2 Å². The van der Waals surface area contributed by atoms with Crippen molar-refractivity contribution in [3.63, 3.8) is 0 Å². The number of nitriles is 1. The number of alkyl halides is 3. The van der Waals surface area contributed by atoms with Crippen LogP contribution in [0.2, 0.25) is 0 Å². The summed E-state index contributed by atoms with van der Waals surface area (Å²) in [7, 11) is 0. The molecule has 0 saturated heterocycles. The van der Waals surface area contributed by atoms with Crippen LogP contribution in [-0.4, -0.2) is 25.5 Å². The van der Waals surface area contributed by atoms with Gasteiger partial charge in [0.05, 0.1) is 12.3 Å². The first kappa shape index (κ1) is 11.8. The Balaban J connectivity index is 4.04. The summed E-state index contributed by atoms with van der Waals surface area (Å²) in [5, 5.41) is 8.00.